The SMILES string of the molecule is CCCCCCCCCCCCCCCCn1c(C2CC(=O)N(C3CC3)C2)nc2ccccc21. The molecule has 1 aromatic carbocycles. The molecule has 2 fully saturated rings. The normalized spacial score (nSPS) is 18.4. The molecule has 4 rings (SSSR count). The minimum absolute atomic E-state index is 0.257. The first-order valence-electron chi connectivity index (χ1n) is 14.5. The van der Waals surface area contributed by atoms with Gasteiger partial charge in [0.05, 0.1) is 11.0 Å². The van der Waals surface area contributed by atoms with Crippen LogP contribution in [0.4, 0.5) is 0 Å². The van der Waals surface area contributed by atoms with Crippen molar-refractivity contribution in [3.05, 3.63) is 30.1 Å². The van der Waals surface area contributed by atoms with Gasteiger partial charge >= 0.3 is 0 Å². The average Bonchev–Trinajstić information content (AvgIpc) is 3.52. The maximum absolute atomic E-state index is 12.6. The molecule has 1 aromatic heterocycles. The van der Waals surface area contributed by atoms with Crippen LogP contribution in [0.3, 0.4) is 0 Å². The first-order valence-corrected chi connectivity index (χ1v) is 14.5. The number of amides is 1. The van der Waals surface area contributed by atoms with Crippen molar-refractivity contribution in [1.82, 2.24) is 14.5 Å². The van der Waals surface area contributed by atoms with Crippen LogP contribution in [0.1, 0.15) is 128 Å². The van der Waals surface area contributed by atoms with E-state index in [1.54, 1.807) is 0 Å². The lowest BCUT2D eigenvalue weighted by Crippen LogP contribution is -2.27. The van der Waals surface area contributed by atoms with Crippen LogP contribution in [0.5, 0.6) is 0 Å². The minimum atomic E-state index is 0.257. The molecule has 2 aromatic rings. The van der Waals surface area contributed by atoms with Gasteiger partial charge in [-0.25, -0.2) is 4.98 Å². The number of carbonyl (C=O) groups excluding carboxylic acids is 1. The van der Waals surface area contributed by atoms with E-state index in [-0.39, 0.29) is 5.92 Å². The van der Waals surface area contributed by atoms with E-state index < -0.39 is 0 Å². The van der Waals surface area contributed by atoms with Gasteiger partial charge in [0.25, 0.3) is 0 Å². The van der Waals surface area contributed by atoms with Crippen molar-refractivity contribution in [2.45, 2.75) is 135 Å². The van der Waals surface area contributed by atoms with Gasteiger partial charge in [0.2, 0.25) is 5.91 Å². The Balaban J connectivity index is 1.15. The lowest BCUT2D eigenvalue weighted by atomic mass is 10.0. The lowest BCUT2D eigenvalue weighted by Gasteiger charge is -2.16. The van der Waals surface area contributed by atoms with E-state index in [2.05, 4.69) is 40.7 Å². The van der Waals surface area contributed by atoms with E-state index in [0.717, 1.165) is 24.4 Å². The molecule has 1 aliphatic heterocycles. The van der Waals surface area contributed by atoms with Crippen LogP contribution in [-0.2, 0) is 11.3 Å². The highest BCUT2D eigenvalue weighted by molar-refractivity contribution is 5.81. The van der Waals surface area contributed by atoms with Gasteiger partial charge in [0.1, 0.15) is 5.82 Å². The van der Waals surface area contributed by atoms with Crippen molar-refractivity contribution < 1.29 is 4.79 Å². The minimum Gasteiger partial charge on any atom is -0.339 e. The molecule has 1 aliphatic carbocycles. The first kappa shape index (κ1) is 25.3. The zero-order valence-electron chi connectivity index (χ0n) is 21.6. The summed E-state index contributed by atoms with van der Waals surface area (Å²) in [5.41, 5.74) is 2.32. The highest BCUT2D eigenvalue weighted by Crippen LogP contribution is 2.37. The Morgan fingerprint density at radius 3 is 2.03 bits per heavy atom. The molecule has 2 heterocycles. The predicted molar refractivity (Wildman–Crippen MR) is 142 cm³/mol. The summed E-state index contributed by atoms with van der Waals surface area (Å²) in [6, 6.07) is 9.03. The number of para-hydroxylation sites is 2. The molecule has 0 radical (unpaired) electrons. The fraction of sp³-hybridized carbons (Fsp3) is 0.733. The summed E-state index contributed by atoms with van der Waals surface area (Å²) in [6.45, 7) is 4.19. The summed E-state index contributed by atoms with van der Waals surface area (Å²) in [5, 5.41) is 0. The lowest BCUT2D eigenvalue weighted by molar-refractivity contribution is -0.128. The Morgan fingerprint density at radius 2 is 1.41 bits per heavy atom. The molecule has 0 spiro atoms. The Hall–Kier alpha value is -1.84. The number of hydrogen-bond donors (Lipinski definition) is 0. The summed E-state index contributed by atoms with van der Waals surface area (Å²) in [4.78, 5) is 19.7. The third kappa shape index (κ3) is 7.09. The van der Waals surface area contributed by atoms with E-state index in [0.29, 0.717) is 18.4 Å². The number of likely N-dealkylation sites (tertiary alicyclic amines) is 1. The third-order valence-electron chi connectivity index (χ3n) is 7.93. The fourth-order valence-corrected chi connectivity index (χ4v) is 5.75. The van der Waals surface area contributed by atoms with Crippen LogP contribution < -0.4 is 0 Å². The predicted octanol–water partition coefficient (Wildman–Crippen LogP) is 8.00. The van der Waals surface area contributed by atoms with Crippen molar-refractivity contribution in [1.29, 1.82) is 0 Å². The van der Waals surface area contributed by atoms with Gasteiger partial charge in [-0.15, -0.1) is 0 Å². The van der Waals surface area contributed by atoms with Crippen molar-refractivity contribution >= 4 is 16.9 Å². The summed E-state index contributed by atoms with van der Waals surface area (Å²) in [5.74, 6) is 1.74. The van der Waals surface area contributed by atoms with Gasteiger partial charge in [-0.3, -0.25) is 4.79 Å². The zero-order chi connectivity index (χ0) is 23.6. The number of aryl methyl sites for hydroxylation is 1. The molecule has 1 saturated carbocycles. The number of benzene rings is 1. The zero-order valence-corrected chi connectivity index (χ0v) is 21.6. The van der Waals surface area contributed by atoms with Crippen LogP contribution in [0.25, 0.3) is 11.0 Å². The summed E-state index contributed by atoms with van der Waals surface area (Å²) in [7, 11) is 0. The summed E-state index contributed by atoms with van der Waals surface area (Å²) in [6.07, 6.45) is 22.4. The molecule has 1 amide bonds. The van der Waals surface area contributed by atoms with Crippen LogP contribution in [0.2, 0.25) is 0 Å². The molecule has 1 unspecified atom stereocenters. The smallest absolute Gasteiger partial charge is 0.223 e. The van der Waals surface area contributed by atoms with Crippen molar-refractivity contribution in [3.8, 4) is 0 Å². The largest absolute Gasteiger partial charge is 0.339 e. The van der Waals surface area contributed by atoms with E-state index in [4.69, 9.17) is 4.98 Å². The maximum Gasteiger partial charge on any atom is 0.223 e. The second-order valence-corrected chi connectivity index (χ2v) is 10.9. The first-order chi connectivity index (χ1) is 16.8. The van der Waals surface area contributed by atoms with Crippen LogP contribution in [-0.4, -0.2) is 32.9 Å². The average molecular weight is 466 g/mol. The molecular weight excluding hydrogens is 418 g/mol. The molecule has 4 nitrogen and oxygen atoms in total. The highest BCUT2D eigenvalue weighted by atomic mass is 16.2. The number of aromatic nitrogens is 2. The fourth-order valence-electron chi connectivity index (χ4n) is 5.75. The molecule has 2 aliphatic rings. The van der Waals surface area contributed by atoms with Crippen molar-refractivity contribution in [2.75, 3.05) is 6.54 Å². The molecule has 34 heavy (non-hydrogen) atoms. The van der Waals surface area contributed by atoms with Crippen LogP contribution >= 0.6 is 0 Å². The Bertz CT molecular complexity index is 884. The molecule has 188 valence electrons. The van der Waals surface area contributed by atoms with E-state index in [1.165, 1.54) is 108 Å². The number of carbonyl (C=O) groups is 1. The van der Waals surface area contributed by atoms with Gasteiger partial charge in [-0.2, -0.15) is 0 Å². The van der Waals surface area contributed by atoms with E-state index >= 15 is 0 Å². The number of nitrogens with zero attached hydrogens (tertiary/aromatic N) is 3. The van der Waals surface area contributed by atoms with Gasteiger partial charge < -0.3 is 9.47 Å². The molecule has 0 bridgehead atoms. The quantitative estimate of drug-likeness (QED) is 0.222. The van der Waals surface area contributed by atoms with Gasteiger partial charge in [-0.1, -0.05) is 103 Å². The van der Waals surface area contributed by atoms with Crippen LogP contribution in [0.15, 0.2) is 24.3 Å². The highest BCUT2D eigenvalue weighted by Gasteiger charge is 2.41. The Kier molecular flexibility index (Phi) is 9.88. The van der Waals surface area contributed by atoms with Gasteiger partial charge in [-0.05, 0) is 31.4 Å². The van der Waals surface area contributed by atoms with E-state index in [1.807, 2.05) is 0 Å². The molecule has 0 N–H and O–H groups in total. The third-order valence-corrected chi connectivity index (χ3v) is 7.93. The number of hydrogen-bond acceptors (Lipinski definition) is 2. The summed E-state index contributed by atoms with van der Waals surface area (Å²) >= 11 is 0. The Labute approximate surface area is 207 Å². The maximum atomic E-state index is 12.6. The van der Waals surface area contributed by atoms with E-state index in [9.17, 15) is 4.79 Å². The Morgan fingerprint density at radius 1 is 0.824 bits per heavy atom. The standard InChI is InChI=1S/C30H47N3O/c1-2-3-4-5-6-7-8-9-10-11-12-13-14-17-22-32-28-19-16-15-18-27(28)31-30(32)25-23-29(34)33(24-25)26-20-21-26/h15-16,18-19,25-26H,2-14,17,20-24H2,1H3. The van der Waals surface area contributed by atoms with Gasteiger partial charge in [0, 0.05) is 31.5 Å². The topological polar surface area (TPSA) is 38.1 Å². The second kappa shape index (κ2) is 13.3. The number of rotatable bonds is 17. The second-order valence-electron chi connectivity index (χ2n) is 10.9. The number of unbranched alkanes of at least 4 members (excludes halogenated alkanes) is 13. The number of fused-ring (bicyclic) bond motifs is 1. The molecular formula is C30H47N3O. The molecule has 4 heteroatoms. The van der Waals surface area contributed by atoms with Crippen molar-refractivity contribution in [2.24, 2.45) is 0 Å². The molecule has 1 atom stereocenters. The van der Waals surface area contributed by atoms with Crippen LogP contribution in [0, 0.1) is 0 Å². The number of imidazole rings is 1. The van der Waals surface area contributed by atoms with Gasteiger partial charge in [0.15, 0.2) is 0 Å². The summed E-state index contributed by atoms with van der Waals surface area (Å²) < 4.78 is 2.43. The monoisotopic (exact) mass is 465 g/mol. The van der Waals surface area contributed by atoms with Crippen molar-refractivity contribution in [3.63, 3.8) is 0 Å². The molecule has 1 saturated heterocycles.